The van der Waals surface area contributed by atoms with Gasteiger partial charge in [-0.25, -0.2) is 0 Å². The lowest BCUT2D eigenvalue weighted by Gasteiger charge is -1.98. The second kappa shape index (κ2) is 5.74. The molecule has 0 bridgehead atoms. The summed E-state index contributed by atoms with van der Waals surface area (Å²) in [5, 5.41) is 13.3. The number of fused-ring (bicyclic) bond motifs is 1. The monoisotopic (exact) mass is 285 g/mol. The Morgan fingerprint density at radius 1 is 1.38 bits per heavy atom. The minimum atomic E-state index is -0.249. The van der Waals surface area contributed by atoms with E-state index in [4.69, 9.17) is 4.74 Å². The van der Waals surface area contributed by atoms with E-state index in [9.17, 15) is 4.79 Å². The van der Waals surface area contributed by atoms with Crippen LogP contribution in [0.1, 0.15) is 19.2 Å². The van der Waals surface area contributed by atoms with Crippen LogP contribution in [0.5, 0.6) is 0 Å². The minimum Gasteiger partial charge on any atom is -0.466 e. The van der Waals surface area contributed by atoms with Gasteiger partial charge in [-0.2, -0.15) is 0 Å². The Balaban J connectivity index is 1.77. The number of carbonyl (C=O) groups is 1. The molecule has 3 aromatic rings. The molecular formula is C14H15N5O2. The molecule has 0 aliphatic rings. The van der Waals surface area contributed by atoms with Gasteiger partial charge in [-0.1, -0.05) is 18.2 Å². The van der Waals surface area contributed by atoms with Crippen molar-refractivity contribution >= 4 is 16.9 Å². The van der Waals surface area contributed by atoms with E-state index in [1.807, 2.05) is 30.5 Å². The Morgan fingerprint density at radius 2 is 2.24 bits per heavy atom. The largest absolute Gasteiger partial charge is 0.466 e. The average molecular weight is 285 g/mol. The van der Waals surface area contributed by atoms with Crippen molar-refractivity contribution in [1.82, 2.24) is 25.2 Å². The van der Waals surface area contributed by atoms with Gasteiger partial charge in [0.2, 0.25) is 0 Å². The molecule has 2 heterocycles. The van der Waals surface area contributed by atoms with Gasteiger partial charge >= 0.3 is 5.97 Å². The maximum atomic E-state index is 11.3. The molecule has 0 aliphatic carbocycles. The zero-order valence-electron chi connectivity index (χ0n) is 11.6. The van der Waals surface area contributed by atoms with Gasteiger partial charge in [-0.05, 0) is 18.2 Å². The fourth-order valence-corrected chi connectivity index (χ4v) is 2.11. The first-order chi connectivity index (χ1) is 10.3. The van der Waals surface area contributed by atoms with Crippen molar-refractivity contribution in [2.24, 2.45) is 0 Å². The number of tetrazole rings is 1. The lowest BCUT2D eigenvalue weighted by molar-refractivity contribution is -0.143. The molecule has 0 saturated heterocycles. The van der Waals surface area contributed by atoms with E-state index in [0.717, 1.165) is 16.6 Å². The molecule has 0 spiro atoms. The Kier molecular flexibility index (Phi) is 3.63. The summed E-state index contributed by atoms with van der Waals surface area (Å²) < 4.78 is 4.87. The number of aromatic nitrogens is 5. The number of hydrogen-bond donors (Lipinski definition) is 1. The summed E-state index contributed by atoms with van der Waals surface area (Å²) in [7, 11) is 0. The maximum absolute atomic E-state index is 11.3. The van der Waals surface area contributed by atoms with Gasteiger partial charge < -0.3 is 9.72 Å². The molecule has 7 heteroatoms. The molecule has 0 unspecified atom stereocenters. The number of aryl methyl sites for hydroxylation is 1. The number of esters is 1. The number of rotatable bonds is 5. The predicted octanol–water partition coefficient (Wildman–Crippen LogP) is 1.64. The molecule has 0 amide bonds. The highest BCUT2D eigenvalue weighted by Crippen LogP contribution is 2.19. The summed E-state index contributed by atoms with van der Waals surface area (Å²) in [6, 6.07) is 7.89. The second-order valence-corrected chi connectivity index (χ2v) is 4.52. The van der Waals surface area contributed by atoms with E-state index in [1.165, 1.54) is 4.80 Å². The van der Waals surface area contributed by atoms with E-state index >= 15 is 0 Å². The van der Waals surface area contributed by atoms with Crippen molar-refractivity contribution in [1.29, 1.82) is 0 Å². The number of aromatic amines is 1. The molecule has 108 valence electrons. The topological polar surface area (TPSA) is 85.7 Å². The van der Waals surface area contributed by atoms with Crippen molar-refractivity contribution in [3.8, 4) is 5.69 Å². The normalized spacial score (nSPS) is 10.9. The van der Waals surface area contributed by atoms with Crippen LogP contribution >= 0.6 is 0 Å². The third-order valence-corrected chi connectivity index (χ3v) is 3.10. The Bertz CT molecular complexity index is 761. The molecule has 1 aromatic carbocycles. The van der Waals surface area contributed by atoms with Crippen LogP contribution in [0, 0.1) is 0 Å². The fraction of sp³-hybridized carbons (Fsp3) is 0.286. The summed E-state index contributed by atoms with van der Waals surface area (Å²) >= 11 is 0. The first-order valence-corrected chi connectivity index (χ1v) is 6.79. The number of H-pyrrole nitrogens is 1. The summed E-state index contributed by atoms with van der Waals surface area (Å²) in [6.07, 6.45) is 2.51. The molecule has 0 radical (unpaired) electrons. The molecule has 0 aliphatic heterocycles. The van der Waals surface area contributed by atoms with Crippen molar-refractivity contribution in [2.45, 2.75) is 19.8 Å². The second-order valence-electron chi connectivity index (χ2n) is 4.52. The number of para-hydroxylation sites is 1. The van der Waals surface area contributed by atoms with Crippen molar-refractivity contribution in [2.75, 3.05) is 6.61 Å². The zero-order valence-corrected chi connectivity index (χ0v) is 11.6. The highest BCUT2D eigenvalue weighted by Gasteiger charge is 2.11. The number of hydrogen-bond acceptors (Lipinski definition) is 5. The molecule has 0 atom stereocenters. The van der Waals surface area contributed by atoms with Crippen LogP contribution in [-0.4, -0.2) is 37.8 Å². The van der Waals surface area contributed by atoms with Gasteiger partial charge in [-0.3, -0.25) is 4.79 Å². The molecule has 2 aromatic heterocycles. The van der Waals surface area contributed by atoms with Crippen LogP contribution in [0.3, 0.4) is 0 Å². The molecule has 7 nitrogen and oxygen atoms in total. The maximum Gasteiger partial charge on any atom is 0.306 e. The van der Waals surface area contributed by atoms with Gasteiger partial charge in [-0.15, -0.1) is 15.0 Å². The first kappa shape index (κ1) is 13.3. The lowest BCUT2D eigenvalue weighted by Crippen LogP contribution is -2.06. The van der Waals surface area contributed by atoms with E-state index in [0.29, 0.717) is 18.9 Å². The number of carbonyl (C=O) groups excluding carboxylic acids is 1. The average Bonchev–Trinajstić information content (AvgIpc) is 3.12. The van der Waals surface area contributed by atoms with Crippen LogP contribution in [0.4, 0.5) is 0 Å². The highest BCUT2D eigenvalue weighted by molar-refractivity contribution is 5.87. The van der Waals surface area contributed by atoms with Gasteiger partial charge in [0, 0.05) is 23.5 Å². The quantitative estimate of drug-likeness (QED) is 0.720. The predicted molar refractivity (Wildman–Crippen MR) is 76.0 cm³/mol. The van der Waals surface area contributed by atoms with Crippen LogP contribution < -0.4 is 0 Å². The van der Waals surface area contributed by atoms with E-state index in [1.54, 1.807) is 6.92 Å². The van der Waals surface area contributed by atoms with Gasteiger partial charge in [0.05, 0.1) is 13.0 Å². The third-order valence-electron chi connectivity index (χ3n) is 3.10. The van der Waals surface area contributed by atoms with Crippen molar-refractivity contribution < 1.29 is 9.53 Å². The number of benzene rings is 1. The van der Waals surface area contributed by atoms with E-state index < -0.39 is 0 Å². The van der Waals surface area contributed by atoms with Gasteiger partial charge in [0.1, 0.15) is 5.69 Å². The van der Waals surface area contributed by atoms with Crippen molar-refractivity contribution in [3.63, 3.8) is 0 Å². The van der Waals surface area contributed by atoms with E-state index in [-0.39, 0.29) is 12.4 Å². The van der Waals surface area contributed by atoms with Crippen LogP contribution in [-0.2, 0) is 16.0 Å². The van der Waals surface area contributed by atoms with Crippen LogP contribution in [0.25, 0.3) is 16.6 Å². The third kappa shape index (κ3) is 2.76. The SMILES string of the molecule is CCOC(=O)CCc1nnn(-c2c[nH]c3ccccc23)n1. The Morgan fingerprint density at radius 3 is 3.10 bits per heavy atom. The molecule has 0 fully saturated rings. The van der Waals surface area contributed by atoms with Gasteiger partial charge in [0.15, 0.2) is 5.82 Å². The van der Waals surface area contributed by atoms with Crippen molar-refractivity contribution in [3.05, 3.63) is 36.3 Å². The number of ether oxygens (including phenoxy) is 1. The Hall–Kier alpha value is -2.70. The summed E-state index contributed by atoms with van der Waals surface area (Å²) in [6.45, 7) is 2.16. The fourth-order valence-electron chi connectivity index (χ4n) is 2.11. The smallest absolute Gasteiger partial charge is 0.306 e. The molecule has 0 saturated carbocycles. The number of nitrogens with zero attached hydrogens (tertiary/aromatic N) is 4. The summed E-state index contributed by atoms with van der Waals surface area (Å²) in [4.78, 5) is 15.9. The standard InChI is InChI=1S/C14H15N5O2/c1-2-21-14(20)8-7-13-16-18-19(17-13)12-9-15-11-6-4-3-5-10(11)12/h3-6,9,15H,2,7-8H2,1H3. The number of nitrogens with one attached hydrogen (secondary N) is 1. The zero-order chi connectivity index (χ0) is 14.7. The molecule has 3 rings (SSSR count). The van der Waals surface area contributed by atoms with Crippen LogP contribution in [0.15, 0.2) is 30.5 Å². The molecular weight excluding hydrogens is 270 g/mol. The highest BCUT2D eigenvalue weighted by atomic mass is 16.5. The summed E-state index contributed by atoms with van der Waals surface area (Å²) in [5.41, 5.74) is 1.85. The first-order valence-electron chi connectivity index (χ1n) is 6.79. The van der Waals surface area contributed by atoms with Gasteiger partial charge in [0.25, 0.3) is 0 Å². The Labute approximate surface area is 120 Å². The lowest BCUT2D eigenvalue weighted by atomic mass is 10.2. The summed E-state index contributed by atoms with van der Waals surface area (Å²) in [5.74, 6) is 0.272. The molecule has 21 heavy (non-hydrogen) atoms. The molecule has 1 N–H and O–H groups in total. The minimum absolute atomic E-state index is 0.249. The van der Waals surface area contributed by atoms with Crippen LogP contribution in [0.2, 0.25) is 0 Å². The van der Waals surface area contributed by atoms with E-state index in [2.05, 4.69) is 20.4 Å².